The highest BCUT2D eigenvalue weighted by molar-refractivity contribution is 5.10. The first-order chi connectivity index (χ1) is 11.9. The molecule has 25 heavy (non-hydrogen) atoms. The Balaban J connectivity index is 1.34. The lowest BCUT2D eigenvalue weighted by Gasteiger charge is -2.27. The number of hydrogen-bond acceptors (Lipinski definition) is 5. The van der Waals surface area contributed by atoms with E-state index in [1.54, 1.807) is 4.57 Å². The summed E-state index contributed by atoms with van der Waals surface area (Å²) in [6.07, 6.45) is 0.386. The molecule has 1 aliphatic heterocycles. The third-order valence-corrected chi connectivity index (χ3v) is 4.77. The van der Waals surface area contributed by atoms with Crippen LogP contribution in [-0.4, -0.2) is 38.2 Å². The predicted molar refractivity (Wildman–Crippen MR) is 81.6 cm³/mol. The van der Waals surface area contributed by atoms with Gasteiger partial charge in [0.1, 0.15) is 5.82 Å². The number of imidazole rings is 1. The van der Waals surface area contributed by atoms with Crippen LogP contribution in [0.5, 0.6) is 0 Å². The van der Waals surface area contributed by atoms with Crippen molar-refractivity contribution in [3.8, 4) is 0 Å². The molecule has 2 aliphatic rings. The standard InChI is InChI=1S/C16H20F3N5O/c1-23(9-13-21-15(25-22-13)11-3-4-11)6-10-2-5-14-20-12(16(17,18)19)8-24(14)7-10/h8,10-11H,2-7,9H2,1H3. The Bertz CT molecular complexity index is 749. The minimum Gasteiger partial charge on any atom is -0.339 e. The lowest BCUT2D eigenvalue weighted by Crippen LogP contribution is -2.31. The molecule has 136 valence electrons. The number of aryl methyl sites for hydroxylation is 1. The molecule has 9 heteroatoms. The molecular formula is C16H20F3N5O. The van der Waals surface area contributed by atoms with Crippen molar-refractivity contribution in [3.63, 3.8) is 0 Å². The van der Waals surface area contributed by atoms with Crippen molar-refractivity contribution in [2.45, 2.75) is 50.9 Å². The smallest absolute Gasteiger partial charge is 0.339 e. The van der Waals surface area contributed by atoms with Crippen LogP contribution in [0.25, 0.3) is 0 Å². The molecular weight excluding hydrogens is 335 g/mol. The zero-order valence-electron chi connectivity index (χ0n) is 14.0. The number of alkyl halides is 3. The summed E-state index contributed by atoms with van der Waals surface area (Å²) in [4.78, 5) is 10.2. The Kier molecular flexibility index (Phi) is 4.05. The highest BCUT2D eigenvalue weighted by Crippen LogP contribution is 2.38. The molecule has 0 N–H and O–H groups in total. The number of aromatic nitrogens is 4. The summed E-state index contributed by atoms with van der Waals surface area (Å²) in [6, 6.07) is 0. The van der Waals surface area contributed by atoms with Crippen molar-refractivity contribution in [2.24, 2.45) is 5.92 Å². The third kappa shape index (κ3) is 3.70. The molecule has 0 radical (unpaired) electrons. The van der Waals surface area contributed by atoms with Gasteiger partial charge < -0.3 is 9.09 Å². The lowest BCUT2D eigenvalue weighted by atomic mass is 9.99. The fraction of sp³-hybridized carbons (Fsp3) is 0.688. The van der Waals surface area contributed by atoms with Gasteiger partial charge in [0.25, 0.3) is 0 Å². The Morgan fingerprint density at radius 3 is 2.80 bits per heavy atom. The molecule has 1 saturated carbocycles. The van der Waals surface area contributed by atoms with E-state index in [0.29, 0.717) is 37.1 Å². The Morgan fingerprint density at radius 2 is 2.08 bits per heavy atom. The number of rotatable bonds is 5. The highest BCUT2D eigenvalue weighted by atomic mass is 19.4. The molecule has 1 fully saturated rings. The van der Waals surface area contributed by atoms with E-state index in [2.05, 4.69) is 20.0 Å². The number of halogens is 3. The molecule has 0 amide bonds. The van der Waals surface area contributed by atoms with Gasteiger partial charge in [0.2, 0.25) is 5.89 Å². The molecule has 0 aromatic carbocycles. The average Bonchev–Trinajstić information content (AvgIpc) is 3.12. The molecule has 1 unspecified atom stereocenters. The van der Waals surface area contributed by atoms with E-state index in [0.717, 1.165) is 37.9 Å². The molecule has 4 rings (SSSR count). The molecule has 0 spiro atoms. The fourth-order valence-corrected chi connectivity index (χ4v) is 3.37. The second kappa shape index (κ2) is 6.12. The second-order valence-corrected chi connectivity index (χ2v) is 7.12. The van der Waals surface area contributed by atoms with Crippen LogP contribution in [0.2, 0.25) is 0 Å². The molecule has 1 atom stereocenters. The van der Waals surface area contributed by atoms with E-state index < -0.39 is 11.9 Å². The van der Waals surface area contributed by atoms with E-state index >= 15 is 0 Å². The summed E-state index contributed by atoms with van der Waals surface area (Å²) >= 11 is 0. The van der Waals surface area contributed by atoms with Crippen molar-refractivity contribution in [2.75, 3.05) is 13.6 Å². The van der Waals surface area contributed by atoms with Crippen LogP contribution in [0.15, 0.2) is 10.7 Å². The van der Waals surface area contributed by atoms with Gasteiger partial charge in [-0.25, -0.2) is 4.98 Å². The fourth-order valence-electron chi connectivity index (χ4n) is 3.37. The maximum atomic E-state index is 12.8. The molecule has 3 heterocycles. The monoisotopic (exact) mass is 355 g/mol. The van der Waals surface area contributed by atoms with E-state index in [1.165, 1.54) is 0 Å². The van der Waals surface area contributed by atoms with Crippen LogP contribution >= 0.6 is 0 Å². The van der Waals surface area contributed by atoms with Gasteiger partial charge in [-0.15, -0.1) is 0 Å². The van der Waals surface area contributed by atoms with Gasteiger partial charge in [0.05, 0.1) is 6.54 Å². The topological polar surface area (TPSA) is 60.0 Å². The van der Waals surface area contributed by atoms with Crippen LogP contribution in [0.4, 0.5) is 13.2 Å². The third-order valence-electron chi connectivity index (χ3n) is 4.77. The Morgan fingerprint density at radius 1 is 1.28 bits per heavy atom. The van der Waals surface area contributed by atoms with Crippen molar-refractivity contribution >= 4 is 0 Å². The van der Waals surface area contributed by atoms with Crippen LogP contribution in [0.3, 0.4) is 0 Å². The number of hydrogen-bond donors (Lipinski definition) is 0. The van der Waals surface area contributed by atoms with E-state index in [1.807, 2.05) is 7.05 Å². The van der Waals surface area contributed by atoms with Crippen LogP contribution in [0.1, 0.15) is 48.4 Å². The number of fused-ring (bicyclic) bond motifs is 1. The first-order valence-electron chi connectivity index (χ1n) is 8.53. The van der Waals surface area contributed by atoms with E-state index in [-0.39, 0.29) is 5.92 Å². The summed E-state index contributed by atoms with van der Waals surface area (Å²) in [5, 5.41) is 4.01. The first kappa shape index (κ1) is 16.6. The van der Waals surface area contributed by atoms with Gasteiger partial charge in [-0.05, 0) is 32.2 Å². The van der Waals surface area contributed by atoms with Gasteiger partial charge in [0.15, 0.2) is 11.5 Å². The molecule has 2 aromatic heterocycles. The van der Waals surface area contributed by atoms with Gasteiger partial charge in [-0.3, -0.25) is 4.90 Å². The summed E-state index contributed by atoms with van der Waals surface area (Å²) in [5.74, 6) is 2.64. The van der Waals surface area contributed by atoms with Crippen LogP contribution < -0.4 is 0 Å². The zero-order chi connectivity index (χ0) is 17.6. The largest absolute Gasteiger partial charge is 0.434 e. The SMILES string of the molecule is CN(Cc1noc(C2CC2)n1)CC1CCc2nc(C(F)(F)F)cn2C1. The maximum absolute atomic E-state index is 12.8. The van der Waals surface area contributed by atoms with Gasteiger partial charge in [-0.2, -0.15) is 18.2 Å². The van der Waals surface area contributed by atoms with Crippen LogP contribution in [0, 0.1) is 5.92 Å². The Hall–Kier alpha value is -1.90. The minimum absolute atomic E-state index is 0.280. The zero-order valence-corrected chi connectivity index (χ0v) is 14.0. The summed E-state index contributed by atoms with van der Waals surface area (Å²) < 4.78 is 45.2. The van der Waals surface area contributed by atoms with Gasteiger partial charge in [-0.1, -0.05) is 5.16 Å². The second-order valence-electron chi connectivity index (χ2n) is 7.12. The maximum Gasteiger partial charge on any atom is 0.434 e. The highest BCUT2D eigenvalue weighted by Gasteiger charge is 2.36. The van der Waals surface area contributed by atoms with Crippen LogP contribution in [-0.2, 0) is 25.7 Å². The normalized spacial score (nSPS) is 20.9. The molecule has 2 aromatic rings. The molecule has 6 nitrogen and oxygen atoms in total. The lowest BCUT2D eigenvalue weighted by molar-refractivity contribution is -0.141. The van der Waals surface area contributed by atoms with Crippen molar-refractivity contribution in [3.05, 3.63) is 29.4 Å². The first-order valence-corrected chi connectivity index (χ1v) is 8.53. The summed E-state index contributed by atoms with van der Waals surface area (Å²) in [6.45, 7) is 1.91. The average molecular weight is 355 g/mol. The van der Waals surface area contributed by atoms with Gasteiger partial charge in [0, 0.05) is 31.6 Å². The molecule has 0 bridgehead atoms. The van der Waals surface area contributed by atoms with Gasteiger partial charge >= 0.3 is 6.18 Å². The molecule has 1 aliphatic carbocycles. The van der Waals surface area contributed by atoms with E-state index in [9.17, 15) is 13.2 Å². The minimum atomic E-state index is -4.38. The van der Waals surface area contributed by atoms with E-state index in [4.69, 9.17) is 4.52 Å². The predicted octanol–water partition coefficient (Wildman–Crippen LogP) is 2.86. The van der Waals surface area contributed by atoms with Crippen molar-refractivity contribution in [1.29, 1.82) is 0 Å². The Labute approximate surface area is 143 Å². The quantitative estimate of drug-likeness (QED) is 0.825. The summed E-state index contributed by atoms with van der Waals surface area (Å²) in [7, 11) is 1.97. The van der Waals surface area contributed by atoms with Crippen molar-refractivity contribution in [1.82, 2.24) is 24.6 Å². The number of nitrogens with zero attached hydrogens (tertiary/aromatic N) is 5. The summed E-state index contributed by atoms with van der Waals surface area (Å²) in [5.41, 5.74) is -0.795. The molecule has 0 saturated heterocycles. The van der Waals surface area contributed by atoms with Crippen molar-refractivity contribution < 1.29 is 17.7 Å².